The average molecular weight is 183 g/mol. The van der Waals surface area contributed by atoms with Crippen molar-refractivity contribution in [3.63, 3.8) is 0 Å². The lowest BCUT2D eigenvalue weighted by molar-refractivity contribution is 0.167. The first-order valence-corrected chi connectivity index (χ1v) is 4.32. The van der Waals surface area contributed by atoms with Gasteiger partial charge in [-0.2, -0.15) is 0 Å². The topological polar surface area (TPSA) is 32.3 Å². The zero-order valence-electron chi connectivity index (χ0n) is 7.63. The minimum absolute atomic E-state index is 0.274. The van der Waals surface area contributed by atoms with Crippen LogP contribution in [0.25, 0.3) is 0 Å². The van der Waals surface area contributed by atoms with Gasteiger partial charge < -0.3 is 10.4 Å². The molecular formula is C10H14FNO. The summed E-state index contributed by atoms with van der Waals surface area (Å²) in [6.45, 7) is 0.749. The molecule has 0 heterocycles. The highest BCUT2D eigenvalue weighted by atomic mass is 19.1. The molecule has 1 atom stereocenters. The molecule has 2 nitrogen and oxygen atoms in total. The van der Waals surface area contributed by atoms with Crippen LogP contribution in [0.2, 0.25) is 0 Å². The molecule has 3 heteroatoms. The quantitative estimate of drug-likeness (QED) is 0.740. The van der Waals surface area contributed by atoms with E-state index in [9.17, 15) is 9.50 Å². The second-order valence-corrected chi connectivity index (χ2v) is 2.96. The van der Waals surface area contributed by atoms with Crippen LogP contribution in [-0.2, 0) is 0 Å². The van der Waals surface area contributed by atoms with E-state index >= 15 is 0 Å². The van der Waals surface area contributed by atoms with Gasteiger partial charge in [-0.1, -0.05) is 12.1 Å². The van der Waals surface area contributed by atoms with Gasteiger partial charge in [0.05, 0.1) is 6.10 Å². The first kappa shape index (κ1) is 10.2. The molecule has 0 aromatic heterocycles. The maximum atomic E-state index is 12.5. The van der Waals surface area contributed by atoms with Crippen molar-refractivity contribution in [2.24, 2.45) is 0 Å². The van der Waals surface area contributed by atoms with Crippen LogP contribution in [0.5, 0.6) is 0 Å². The Morgan fingerprint density at radius 2 is 2.00 bits per heavy atom. The Bertz CT molecular complexity index is 248. The van der Waals surface area contributed by atoms with E-state index in [1.54, 1.807) is 12.1 Å². The number of hydrogen-bond donors (Lipinski definition) is 2. The van der Waals surface area contributed by atoms with Gasteiger partial charge in [0.2, 0.25) is 0 Å². The predicted octanol–water partition coefficient (Wildman–Crippen LogP) is 1.47. The number of rotatable bonds is 4. The average Bonchev–Trinajstić information content (AvgIpc) is 2.15. The maximum absolute atomic E-state index is 12.5. The fourth-order valence-electron chi connectivity index (χ4n) is 1.13. The third-order valence-corrected chi connectivity index (χ3v) is 1.92. The first-order valence-electron chi connectivity index (χ1n) is 4.32. The van der Waals surface area contributed by atoms with Gasteiger partial charge in [-0.25, -0.2) is 4.39 Å². The van der Waals surface area contributed by atoms with Crippen molar-refractivity contribution < 1.29 is 9.50 Å². The van der Waals surface area contributed by atoms with Crippen molar-refractivity contribution in [2.45, 2.75) is 12.5 Å². The second-order valence-electron chi connectivity index (χ2n) is 2.96. The molecule has 2 N–H and O–H groups in total. The minimum Gasteiger partial charge on any atom is -0.388 e. The summed E-state index contributed by atoms with van der Waals surface area (Å²) in [6, 6.07) is 5.93. The number of nitrogens with one attached hydrogen (secondary N) is 1. The van der Waals surface area contributed by atoms with Crippen LogP contribution in [-0.4, -0.2) is 18.7 Å². The Balaban J connectivity index is 2.55. The van der Waals surface area contributed by atoms with E-state index in [2.05, 4.69) is 5.32 Å². The van der Waals surface area contributed by atoms with Crippen molar-refractivity contribution >= 4 is 0 Å². The van der Waals surface area contributed by atoms with E-state index in [-0.39, 0.29) is 5.82 Å². The monoisotopic (exact) mass is 183 g/mol. The van der Waals surface area contributed by atoms with E-state index in [1.807, 2.05) is 7.05 Å². The summed E-state index contributed by atoms with van der Waals surface area (Å²) in [5, 5.41) is 12.5. The molecule has 13 heavy (non-hydrogen) atoms. The van der Waals surface area contributed by atoms with Crippen LogP contribution in [0.3, 0.4) is 0 Å². The Hall–Kier alpha value is -0.930. The summed E-state index contributed by atoms with van der Waals surface area (Å²) < 4.78 is 12.5. The molecule has 1 aromatic rings. The summed E-state index contributed by atoms with van der Waals surface area (Å²) in [7, 11) is 1.83. The van der Waals surface area contributed by atoms with Gasteiger partial charge in [-0.3, -0.25) is 0 Å². The summed E-state index contributed by atoms with van der Waals surface area (Å²) in [5.41, 5.74) is 0.761. The molecule has 0 aliphatic carbocycles. The van der Waals surface area contributed by atoms with Crippen molar-refractivity contribution in [1.29, 1.82) is 0 Å². The second kappa shape index (κ2) is 4.94. The lowest BCUT2D eigenvalue weighted by Crippen LogP contribution is -2.11. The van der Waals surface area contributed by atoms with Gasteiger partial charge in [-0.15, -0.1) is 0 Å². The third-order valence-electron chi connectivity index (χ3n) is 1.92. The Morgan fingerprint density at radius 3 is 2.54 bits per heavy atom. The number of aliphatic hydroxyl groups excluding tert-OH is 1. The lowest BCUT2D eigenvalue weighted by Gasteiger charge is -2.09. The zero-order valence-corrected chi connectivity index (χ0v) is 7.63. The van der Waals surface area contributed by atoms with E-state index in [0.29, 0.717) is 6.42 Å². The van der Waals surface area contributed by atoms with Gasteiger partial charge in [0.1, 0.15) is 5.82 Å². The van der Waals surface area contributed by atoms with E-state index < -0.39 is 6.10 Å². The molecule has 0 aliphatic rings. The Morgan fingerprint density at radius 1 is 1.38 bits per heavy atom. The molecule has 1 aromatic carbocycles. The Kier molecular flexibility index (Phi) is 3.86. The molecule has 0 spiro atoms. The van der Waals surface area contributed by atoms with Crippen molar-refractivity contribution in [3.8, 4) is 0 Å². The van der Waals surface area contributed by atoms with Crippen molar-refractivity contribution in [2.75, 3.05) is 13.6 Å². The molecule has 72 valence electrons. The molecule has 0 radical (unpaired) electrons. The summed E-state index contributed by atoms with van der Waals surface area (Å²) in [5.74, 6) is -0.274. The molecular weight excluding hydrogens is 169 g/mol. The molecule has 0 amide bonds. The van der Waals surface area contributed by atoms with Crippen molar-refractivity contribution in [3.05, 3.63) is 35.6 Å². The minimum atomic E-state index is -0.506. The normalized spacial score (nSPS) is 12.8. The number of benzene rings is 1. The van der Waals surface area contributed by atoms with E-state index in [1.165, 1.54) is 12.1 Å². The van der Waals surface area contributed by atoms with Gasteiger partial charge in [0, 0.05) is 0 Å². The molecule has 0 fully saturated rings. The van der Waals surface area contributed by atoms with Crippen LogP contribution in [0.1, 0.15) is 18.1 Å². The molecule has 1 rings (SSSR count). The number of hydrogen-bond acceptors (Lipinski definition) is 2. The van der Waals surface area contributed by atoms with Gasteiger partial charge in [0.25, 0.3) is 0 Å². The standard InChI is InChI=1S/C10H14FNO/c1-12-7-6-10(13)8-2-4-9(11)5-3-8/h2-5,10,12-13H,6-7H2,1H3/t10-/m1/s1. The Labute approximate surface area is 77.4 Å². The molecule has 0 unspecified atom stereocenters. The number of aliphatic hydroxyl groups is 1. The third kappa shape index (κ3) is 3.13. The van der Waals surface area contributed by atoms with Gasteiger partial charge in [-0.05, 0) is 37.7 Å². The largest absolute Gasteiger partial charge is 0.388 e. The highest BCUT2D eigenvalue weighted by Crippen LogP contribution is 2.15. The van der Waals surface area contributed by atoms with E-state index in [0.717, 1.165) is 12.1 Å². The van der Waals surface area contributed by atoms with Crippen LogP contribution in [0.4, 0.5) is 4.39 Å². The maximum Gasteiger partial charge on any atom is 0.123 e. The zero-order chi connectivity index (χ0) is 9.68. The van der Waals surface area contributed by atoms with Crippen LogP contribution in [0.15, 0.2) is 24.3 Å². The van der Waals surface area contributed by atoms with E-state index in [4.69, 9.17) is 0 Å². The summed E-state index contributed by atoms with van der Waals surface area (Å²) in [4.78, 5) is 0. The fourth-order valence-corrected chi connectivity index (χ4v) is 1.13. The summed E-state index contributed by atoms with van der Waals surface area (Å²) in [6.07, 6.45) is 0.135. The van der Waals surface area contributed by atoms with Crippen molar-refractivity contribution in [1.82, 2.24) is 5.32 Å². The summed E-state index contributed by atoms with van der Waals surface area (Å²) >= 11 is 0. The van der Waals surface area contributed by atoms with Crippen LogP contribution in [0, 0.1) is 5.82 Å². The molecule has 0 bridgehead atoms. The first-order chi connectivity index (χ1) is 6.24. The SMILES string of the molecule is CNCC[C@@H](O)c1ccc(F)cc1. The highest BCUT2D eigenvalue weighted by molar-refractivity contribution is 5.18. The van der Waals surface area contributed by atoms with Gasteiger partial charge >= 0.3 is 0 Å². The predicted molar refractivity (Wildman–Crippen MR) is 49.9 cm³/mol. The lowest BCUT2D eigenvalue weighted by atomic mass is 10.1. The van der Waals surface area contributed by atoms with Crippen LogP contribution < -0.4 is 5.32 Å². The molecule has 0 saturated heterocycles. The number of halogens is 1. The molecule has 0 saturated carbocycles. The van der Waals surface area contributed by atoms with Gasteiger partial charge in [0.15, 0.2) is 0 Å². The fraction of sp³-hybridized carbons (Fsp3) is 0.400. The smallest absolute Gasteiger partial charge is 0.123 e. The molecule has 0 aliphatic heterocycles. The highest BCUT2D eigenvalue weighted by Gasteiger charge is 2.05. The van der Waals surface area contributed by atoms with Crippen LogP contribution >= 0.6 is 0 Å².